The van der Waals surface area contributed by atoms with E-state index in [1.165, 1.54) is 30.5 Å². The first-order chi connectivity index (χ1) is 8.70. The molecule has 2 N–H and O–H groups in total. The minimum atomic E-state index is 0.312. The highest BCUT2D eigenvalue weighted by molar-refractivity contribution is 5.40. The van der Waals surface area contributed by atoms with E-state index < -0.39 is 0 Å². The molecule has 2 atom stereocenters. The van der Waals surface area contributed by atoms with Crippen molar-refractivity contribution in [2.45, 2.75) is 38.3 Å². The van der Waals surface area contributed by atoms with Crippen LogP contribution in [0.3, 0.4) is 0 Å². The highest BCUT2D eigenvalue weighted by Gasteiger charge is 2.26. The third-order valence-corrected chi connectivity index (χ3v) is 3.96. The third kappa shape index (κ3) is 2.52. The minimum absolute atomic E-state index is 0.312. The third-order valence-electron chi connectivity index (χ3n) is 3.96. The molecule has 1 saturated heterocycles. The van der Waals surface area contributed by atoms with Gasteiger partial charge in [0, 0.05) is 25.6 Å². The van der Waals surface area contributed by atoms with E-state index in [4.69, 9.17) is 10.5 Å². The van der Waals surface area contributed by atoms with Crippen LogP contribution in [-0.4, -0.2) is 36.7 Å². The molecule has 2 heterocycles. The lowest BCUT2D eigenvalue weighted by Crippen LogP contribution is -2.46. The molecular formula is C15H22N2O. The molecule has 1 aromatic rings. The first kappa shape index (κ1) is 12.0. The summed E-state index contributed by atoms with van der Waals surface area (Å²) in [6.07, 6.45) is 3.75. The van der Waals surface area contributed by atoms with Gasteiger partial charge in [0.2, 0.25) is 0 Å². The van der Waals surface area contributed by atoms with Crippen LogP contribution in [0.1, 0.15) is 24.0 Å². The zero-order valence-corrected chi connectivity index (χ0v) is 11.1. The van der Waals surface area contributed by atoms with E-state index in [9.17, 15) is 0 Å². The molecule has 3 heteroatoms. The summed E-state index contributed by atoms with van der Waals surface area (Å²) >= 11 is 0. The molecule has 0 bridgehead atoms. The fraction of sp³-hybridized carbons (Fsp3) is 0.600. The summed E-state index contributed by atoms with van der Waals surface area (Å²) in [5.74, 6) is 1.08. The van der Waals surface area contributed by atoms with E-state index in [0.717, 1.165) is 25.3 Å². The van der Waals surface area contributed by atoms with Crippen molar-refractivity contribution in [1.82, 2.24) is 4.90 Å². The fourth-order valence-corrected chi connectivity index (χ4v) is 3.10. The van der Waals surface area contributed by atoms with Crippen molar-refractivity contribution in [2.24, 2.45) is 5.73 Å². The van der Waals surface area contributed by atoms with Crippen LogP contribution < -0.4 is 10.5 Å². The molecule has 18 heavy (non-hydrogen) atoms. The number of benzene rings is 1. The molecule has 0 aliphatic carbocycles. The Morgan fingerprint density at radius 1 is 1.44 bits per heavy atom. The molecule has 2 aliphatic heterocycles. The summed E-state index contributed by atoms with van der Waals surface area (Å²) in [4.78, 5) is 2.46. The maximum Gasteiger partial charge on any atom is 0.123 e. The van der Waals surface area contributed by atoms with Gasteiger partial charge in [0.1, 0.15) is 11.9 Å². The van der Waals surface area contributed by atoms with Crippen LogP contribution in [0, 0.1) is 6.92 Å². The lowest BCUT2D eigenvalue weighted by atomic mass is 10.0. The molecule has 0 radical (unpaired) electrons. The number of nitrogens with zero attached hydrogens (tertiary/aromatic N) is 1. The normalized spacial score (nSPS) is 27.9. The predicted octanol–water partition coefficient (Wildman–Crippen LogP) is 1.72. The van der Waals surface area contributed by atoms with E-state index >= 15 is 0 Å². The van der Waals surface area contributed by atoms with Crippen LogP contribution in [0.25, 0.3) is 0 Å². The zero-order chi connectivity index (χ0) is 12.5. The number of aryl methyl sites for hydroxylation is 1. The number of fused-ring (bicyclic) bond motifs is 1. The highest BCUT2D eigenvalue weighted by Crippen LogP contribution is 2.30. The first-order valence-electron chi connectivity index (χ1n) is 6.95. The fourth-order valence-electron chi connectivity index (χ4n) is 3.10. The number of hydrogen-bond acceptors (Lipinski definition) is 3. The van der Waals surface area contributed by atoms with Crippen molar-refractivity contribution < 1.29 is 4.74 Å². The number of nitrogens with two attached hydrogens (primary N) is 1. The Hall–Kier alpha value is -1.06. The van der Waals surface area contributed by atoms with Crippen LogP contribution in [0.15, 0.2) is 18.2 Å². The number of piperidine rings is 1. The Bertz CT molecular complexity index is 433. The summed E-state index contributed by atoms with van der Waals surface area (Å²) in [6.45, 7) is 5.34. The van der Waals surface area contributed by atoms with Crippen LogP contribution >= 0.6 is 0 Å². The largest absolute Gasteiger partial charge is 0.488 e. The van der Waals surface area contributed by atoms with Crippen LogP contribution in [0.2, 0.25) is 0 Å². The second-order valence-corrected chi connectivity index (χ2v) is 5.72. The van der Waals surface area contributed by atoms with E-state index in [1.54, 1.807) is 0 Å². The standard InChI is InChI=1S/C15H22N2O/c1-11-4-5-15-12(7-11)8-14(18-15)10-17-6-2-3-13(16)9-17/h4-5,7,13-14H,2-3,6,8-10,16H2,1H3. The predicted molar refractivity (Wildman–Crippen MR) is 72.9 cm³/mol. The van der Waals surface area contributed by atoms with Gasteiger partial charge in [-0.1, -0.05) is 17.7 Å². The van der Waals surface area contributed by atoms with Crippen LogP contribution in [-0.2, 0) is 6.42 Å². The molecule has 2 aliphatic rings. The van der Waals surface area contributed by atoms with Gasteiger partial charge in [0.05, 0.1) is 0 Å². The molecule has 0 saturated carbocycles. The van der Waals surface area contributed by atoms with Gasteiger partial charge in [0.25, 0.3) is 0 Å². The summed E-state index contributed by atoms with van der Waals surface area (Å²) in [5.41, 5.74) is 8.70. The lowest BCUT2D eigenvalue weighted by Gasteiger charge is -2.32. The number of rotatable bonds is 2. The SMILES string of the molecule is Cc1ccc2c(c1)CC(CN1CCCC(N)C1)O2. The Balaban J connectivity index is 1.60. The summed E-state index contributed by atoms with van der Waals surface area (Å²) in [7, 11) is 0. The Morgan fingerprint density at radius 2 is 2.33 bits per heavy atom. The van der Waals surface area contributed by atoms with Crippen molar-refractivity contribution in [2.75, 3.05) is 19.6 Å². The minimum Gasteiger partial charge on any atom is -0.488 e. The molecule has 0 spiro atoms. The van der Waals surface area contributed by atoms with Crippen molar-refractivity contribution in [1.29, 1.82) is 0 Å². The van der Waals surface area contributed by atoms with Crippen molar-refractivity contribution in [3.8, 4) is 5.75 Å². The van der Waals surface area contributed by atoms with Crippen LogP contribution in [0.4, 0.5) is 0 Å². The van der Waals surface area contributed by atoms with E-state index in [2.05, 4.69) is 30.0 Å². The monoisotopic (exact) mass is 246 g/mol. The molecule has 1 aromatic carbocycles. The van der Waals surface area contributed by atoms with E-state index in [-0.39, 0.29) is 0 Å². The maximum atomic E-state index is 6.02. The summed E-state index contributed by atoms with van der Waals surface area (Å²) in [5, 5.41) is 0. The summed E-state index contributed by atoms with van der Waals surface area (Å²) < 4.78 is 6.02. The van der Waals surface area contributed by atoms with Gasteiger partial charge < -0.3 is 10.5 Å². The highest BCUT2D eigenvalue weighted by atomic mass is 16.5. The van der Waals surface area contributed by atoms with E-state index in [0.29, 0.717) is 12.1 Å². The molecule has 98 valence electrons. The number of ether oxygens (including phenoxy) is 1. The second kappa shape index (κ2) is 4.90. The zero-order valence-electron chi connectivity index (χ0n) is 11.1. The van der Waals surface area contributed by atoms with Gasteiger partial charge in [-0.05, 0) is 37.9 Å². The van der Waals surface area contributed by atoms with Gasteiger partial charge in [-0.25, -0.2) is 0 Å². The molecule has 3 rings (SSSR count). The number of hydrogen-bond donors (Lipinski definition) is 1. The number of likely N-dealkylation sites (tertiary alicyclic amines) is 1. The molecule has 3 nitrogen and oxygen atoms in total. The van der Waals surface area contributed by atoms with Crippen molar-refractivity contribution in [3.05, 3.63) is 29.3 Å². The Labute approximate surface area is 109 Å². The molecule has 1 fully saturated rings. The topological polar surface area (TPSA) is 38.5 Å². The molecule has 0 aromatic heterocycles. The van der Waals surface area contributed by atoms with Crippen molar-refractivity contribution in [3.63, 3.8) is 0 Å². The van der Waals surface area contributed by atoms with Gasteiger partial charge in [0.15, 0.2) is 0 Å². The van der Waals surface area contributed by atoms with E-state index in [1.807, 2.05) is 0 Å². The van der Waals surface area contributed by atoms with Gasteiger partial charge in [-0.2, -0.15) is 0 Å². The quantitative estimate of drug-likeness (QED) is 0.863. The Morgan fingerprint density at radius 3 is 3.17 bits per heavy atom. The van der Waals surface area contributed by atoms with Gasteiger partial charge in [-0.15, -0.1) is 0 Å². The second-order valence-electron chi connectivity index (χ2n) is 5.72. The lowest BCUT2D eigenvalue weighted by molar-refractivity contribution is 0.127. The molecule has 0 amide bonds. The van der Waals surface area contributed by atoms with Gasteiger partial charge >= 0.3 is 0 Å². The molecule has 2 unspecified atom stereocenters. The molecular weight excluding hydrogens is 224 g/mol. The van der Waals surface area contributed by atoms with Gasteiger partial charge in [-0.3, -0.25) is 4.90 Å². The first-order valence-corrected chi connectivity index (χ1v) is 6.95. The van der Waals surface area contributed by atoms with Crippen LogP contribution in [0.5, 0.6) is 5.75 Å². The average molecular weight is 246 g/mol. The van der Waals surface area contributed by atoms with Crippen molar-refractivity contribution >= 4 is 0 Å². The smallest absolute Gasteiger partial charge is 0.123 e. The Kier molecular flexibility index (Phi) is 3.27. The average Bonchev–Trinajstić information content (AvgIpc) is 2.70. The summed E-state index contributed by atoms with van der Waals surface area (Å²) in [6, 6.07) is 6.83. The maximum absolute atomic E-state index is 6.02.